The highest BCUT2D eigenvalue weighted by molar-refractivity contribution is 5.95. The summed E-state index contributed by atoms with van der Waals surface area (Å²) in [5.41, 5.74) is 9.07. The molecule has 2 aliphatic rings. The molecule has 0 aliphatic carbocycles. The fourth-order valence-corrected chi connectivity index (χ4v) is 4.46. The third-order valence-corrected chi connectivity index (χ3v) is 6.15. The summed E-state index contributed by atoms with van der Waals surface area (Å²) in [5.74, 6) is 0.131. The first-order chi connectivity index (χ1) is 12.7. The average Bonchev–Trinajstić information content (AvgIpc) is 2.62. The highest BCUT2D eigenvalue weighted by atomic mass is 16.2. The van der Waals surface area contributed by atoms with E-state index in [0.29, 0.717) is 13.1 Å². The first kappa shape index (κ1) is 19.9. The van der Waals surface area contributed by atoms with Crippen molar-refractivity contribution in [3.8, 4) is 0 Å². The summed E-state index contributed by atoms with van der Waals surface area (Å²) in [4.78, 5) is 29.9. The van der Waals surface area contributed by atoms with E-state index in [2.05, 4.69) is 19.9 Å². The van der Waals surface area contributed by atoms with Gasteiger partial charge in [0.05, 0.1) is 5.92 Å². The molecule has 2 unspecified atom stereocenters. The molecule has 2 amide bonds. The Morgan fingerprint density at radius 2 is 1.70 bits per heavy atom. The molecule has 5 nitrogen and oxygen atoms in total. The van der Waals surface area contributed by atoms with Gasteiger partial charge in [-0.25, -0.2) is 0 Å². The number of hydrogen-bond donors (Lipinski definition) is 1. The maximum Gasteiger partial charge on any atom is 0.253 e. The fraction of sp³-hybridized carbons (Fsp3) is 0.636. The summed E-state index contributed by atoms with van der Waals surface area (Å²) in [7, 11) is 0. The van der Waals surface area contributed by atoms with Gasteiger partial charge in [0.25, 0.3) is 5.91 Å². The van der Waals surface area contributed by atoms with Crippen LogP contribution in [0.25, 0.3) is 0 Å². The first-order valence-electron chi connectivity index (χ1n) is 10.1. The standard InChI is InChI=1S/C22H33N3O2/c1-15-10-16(2)12-18(11-15)21(27)24-8-5-6-17(13-24)20(26)25-9-7-19(23)22(3,4)14-25/h10-12,17,19H,5-9,13-14,23H2,1-4H3. The van der Waals surface area contributed by atoms with E-state index in [-0.39, 0.29) is 29.2 Å². The number of piperidine rings is 2. The van der Waals surface area contributed by atoms with E-state index >= 15 is 0 Å². The molecule has 0 aromatic heterocycles. The lowest BCUT2D eigenvalue weighted by atomic mass is 9.79. The van der Waals surface area contributed by atoms with Gasteiger partial charge in [0.1, 0.15) is 0 Å². The molecule has 148 valence electrons. The number of rotatable bonds is 2. The monoisotopic (exact) mass is 371 g/mol. The molecule has 2 aliphatic heterocycles. The minimum Gasteiger partial charge on any atom is -0.342 e. The molecule has 2 atom stereocenters. The smallest absolute Gasteiger partial charge is 0.253 e. The van der Waals surface area contributed by atoms with Crippen LogP contribution in [0.1, 0.15) is 54.6 Å². The van der Waals surface area contributed by atoms with E-state index in [1.165, 1.54) is 0 Å². The molecule has 1 aromatic rings. The summed E-state index contributed by atoms with van der Waals surface area (Å²) >= 11 is 0. The molecular formula is C22H33N3O2. The predicted molar refractivity (Wildman–Crippen MR) is 107 cm³/mol. The summed E-state index contributed by atoms with van der Waals surface area (Å²) in [6.07, 6.45) is 2.58. The molecule has 1 aromatic carbocycles. The van der Waals surface area contributed by atoms with Crippen molar-refractivity contribution < 1.29 is 9.59 Å². The van der Waals surface area contributed by atoms with Crippen molar-refractivity contribution >= 4 is 11.8 Å². The van der Waals surface area contributed by atoms with Crippen LogP contribution in [0.5, 0.6) is 0 Å². The van der Waals surface area contributed by atoms with Gasteiger partial charge < -0.3 is 15.5 Å². The first-order valence-corrected chi connectivity index (χ1v) is 10.1. The van der Waals surface area contributed by atoms with Gasteiger partial charge in [-0.05, 0) is 50.7 Å². The molecule has 0 bridgehead atoms. The van der Waals surface area contributed by atoms with E-state index in [1.54, 1.807) is 0 Å². The van der Waals surface area contributed by atoms with Gasteiger partial charge in [-0.1, -0.05) is 31.0 Å². The second kappa shape index (κ2) is 7.63. The lowest BCUT2D eigenvalue weighted by molar-refractivity contribution is -0.140. The Labute approximate surface area is 162 Å². The Kier molecular flexibility index (Phi) is 5.61. The third kappa shape index (κ3) is 4.34. The number of amides is 2. The van der Waals surface area contributed by atoms with Crippen LogP contribution in [0.15, 0.2) is 18.2 Å². The molecule has 2 heterocycles. The van der Waals surface area contributed by atoms with E-state index < -0.39 is 0 Å². The predicted octanol–water partition coefficient (Wildman–Crippen LogP) is 2.74. The number of nitrogens with zero attached hydrogens (tertiary/aromatic N) is 2. The van der Waals surface area contributed by atoms with Crippen LogP contribution < -0.4 is 5.73 Å². The van der Waals surface area contributed by atoms with Crippen LogP contribution in [0, 0.1) is 25.2 Å². The number of carbonyl (C=O) groups is 2. The summed E-state index contributed by atoms with van der Waals surface area (Å²) in [6, 6.07) is 6.09. The SMILES string of the molecule is Cc1cc(C)cc(C(=O)N2CCCC(C(=O)N3CCC(N)C(C)(C)C3)C2)c1. The number of hydrogen-bond acceptors (Lipinski definition) is 3. The topological polar surface area (TPSA) is 66.6 Å². The summed E-state index contributed by atoms with van der Waals surface area (Å²) < 4.78 is 0. The molecule has 27 heavy (non-hydrogen) atoms. The molecule has 3 rings (SSSR count). The van der Waals surface area contributed by atoms with Crippen LogP contribution in [-0.2, 0) is 4.79 Å². The van der Waals surface area contributed by atoms with E-state index in [0.717, 1.165) is 49.0 Å². The van der Waals surface area contributed by atoms with Crippen molar-refractivity contribution in [3.63, 3.8) is 0 Å². The van der Waals surface area contributed by atoms with Crippen LogP contribution in [0.4, 0.5) is 0 Å². The minimum atomic E-state index is -0.0984. The van der Waals surface area contributed by atoms with Crippen molar-refractivity contribution in [1.29, 1.82) is 0 Å². The third-order valence-electron chi connectivity index (χ3n) is 6.15. The van der Waals surface area contributed by atoms with Crippen LogP contribution >= 0.6 is 0 Å². The van der Waals surface area contributed by atoms with Crippen LogP contribution in [0.3, 0.4) is 0 Å². The summed E-state index contributed by atoms with van der Waals surface area (Å²) in [6.45, 7) is 11.0. The second-order valence-corrected chi connectivity index (χ2v) is 9.11. The highest BCUT2D eigenvalue weighted by Gasteiger charge is 2.38. The van der Waals surface area contributed by atoms with Gasteiger partial charge in [-0.15, -0.1) is 0 Å². The lowest BCUT2D eigenvalue weighted by Gasteiger charge is -2.44. The van der Waals surface area contributed by atoms with Crippen molar-refractivity contribution in [2.75, 3.05) is 26.2 Å². The maximum atomic E-state index is 13.1. The molecule has 0 saturated carbocycles. The number of carbonyl (C=O) groups excluding carboxylic acids is 2. The van der Waals surface area contributed by atoms with Crippen molar-refractivity contribution in [1.82, 2.24) is 9.80 Å². The minimum absolute atomic E-state index is 0.0419. The molecule has 2 saturated heterocycles. The molecule has 2 fully saturated rings. The highest BCUT2D eigenvalue weighted by Crippen LogP contribution is 2.30. The Balaban J connectivity index is 1.68. The van der Waals surface area contributed by atoms with Gasteiger partial charge >= 0.3 is 0 Å². The Hall–Kier alpha value is -1.88. The quantitative estimate of drug-likeness (QED) is 0.869. The summed E-state index contributed by atoms with van der Waals surface area (Å²) in [5, 5.41) is 0. The fourth-order valence-electron chi connectivity index (χ4n) is 4.46. The maximum absolute atomic E-state index is 13.1. The van der Waals surface area contributed by atoms with Crippen molar-refractivity contribution in [2.45, 2.75) is 53.0 Å². The molecule has 0 radical (unpaired) electrons. The van der Waals surface area contributed by atoms with E-state index in [1.807, 2.05) is 35.8 Å². The average molecular weight is 372 g/mol. The van der Waals surface area contributed by atoms with Gasteiger partial charge in [0.2, 0.25) is 5.91 Å². The number of aryl methyl sites for hydroxylation is 2. The zero-order valence-electron chi connectivity index (χ0n) is 17.1. The lowest BCUT2D eigenvalue weighted by Crippen LogP contribution is -2.56. The number of nitrogens with two attached hydrogens (primary N) is 1. The zero-order chi connectivity index (χ0) is 19.8. The van der Waals surface area contributed by atoms with E-state index in [4.69, 9.17) is 5.73 Å². The molecule has 0 spiro atoms. The Bertz CT molecular complexity index is 708. The van der Waals surface area contributed by atoms with Crippen molar-refractivity contribution in [3.05, 3.63) is 34.9 Å². The van der Waals surface area contributed by atoms with Gasteiger partial charge in [-0.2, -0.15) is 0 Å². The van der Waals surface area contributed by atoms with Gasteiger partial charge in [0, 0.05) is 37.8 Å². The van der Waals surface area contributed by atoms with Gasteiger partial charge in [-0.3, -0.25) is 9.59 Å². The largest absolute Gasteiger partial charge is 0.342 e. The number of benzene rings is 1. The Morgan fingerprint density at radius 1 is 1.04 bits per heavy atom. The normalized spacial score (nSPS) is 25.4. The van der Waals surface area contributed by atoms with Gasteiger partial charge in [0.15, 0.2) is 0 Å². The number of likely N-dealkylation sites (tertiary alicyclic amines) is 2. The molecule has 5 heteroatoms. The van der Waals surface area contributed by atoms with Crippen LogP contribution in [0.2, 0.25) is 0 Å². The molecular weight excluding hydrogens is 338 g/mol. The van der Waals surface area contributed by atoms with E-state index in [9.17, 15) is 9.59 Å². The van der Waals surface area contributed by atoms with Crippen molar-refractivity contribution in [2.24, 2.45) is 17.1 Å². The zero-order valence-corrected chi connectivity index (χ0v) is 17.1. The second-order valence-electron chi connectivity index (χ2n) is 9.11. The van der Waals surface area contributed by atoms with Crippen LogP contribution in [-0.4, -0.2) is 53.8 Å². The Morgan fingerprint density at radius 3 is 2.33 bits per heavy atom. The molecule has 2 N–H and O–H groups in total.